The lowest BCUT2D eigenvalue weighted by Gasteiger charge is -2.34. The summed E-state index contributed by atoms with van der Waals surface area (Å²) in [7, 11) is 0. The highest BCUT2D eigenvalue weighted by molar-refractivity contribution is 5.95. The molecule has 1 saturated heterocycles. The van der Waals surface area contributed by atoms with E-state index in [-0.39, 0.29) is 17.5 Å². The SMILES string of the molecule is Cc1cccc(C(=O)N2CCC(N)C2(C)C)c1. The maximum Gasteiger partial charge on any atom is 0.254 e. The third-order valence-electron chi connectivity index (χ3n) is 3.78. The van der Waals surface area contributed by atoms with Gasteiger partial charge in [0, 0.05) is 18.2 Å². The number of benzene rings is 1. The standard InChI is InChI=1S/C14H20N2O/c1-10-5-4-6-11(9-10)13(17)16-8-7-12(15)14(16,2)3/h4-6,9,12H,7-8,15H2,1-3H3. The summed E-state index contributed by atoms with van der Waals surface area (Å²) in [6, 6.07) is 7.79. The summed E-state index contributed by atoms with van der Waals surface area (Å²) in [6.07, 6.45) is 0.880. The van der Waals surface area contributed by atoms with Crippen molar-refractivity contribution in [3.63, 3.8) is 0 Å². The maximum atomic E-state index is 12.4. The molecule has 0 aliphatic carbocycles. The second kappa shape index (κ2) is 4.15. The molecule has 1 aliphatic rings. The molecule has 0 saturated carbocycles. The first-order valence-corrected chi connectivity index (χ1v) is 6.07. The lowest BCUT2D eigenvalue weighted by molar-refractivity contribution is 0.0637. The summed E-state index contributed by atoms with van der Waals surface area (Å²) in [6.45, 7) is 6.83. The minimum Gasteiger partial charge on any atom is -0.332 e. The Balaban J connectivity index is 2.27. The molecule has 3 nitrogen and oxygen atoms in total. The average molecular weight is 232 g/mol. The lowest BCUT2D eigenvalue weighted by atomic mass is 9.96. The fourth-order valence-corrected chi connectivity index (χ4v) is 2.41. The number of carbonyl (C=O) groups is 1. The van der Waals surface area contributed by atoms with Crippen LogP contribution in [0.25, 0.3) is 0 Å². The number of nitrogens with two attached hydrogens (primary N) is 1. The quantitative estimate of drug-likeness (QED) is 0.804. The van der Waals surface area contributed by atoms with Crippen LogP contribution >= 0.6 is 0 Å². The second-order valence-corrected chi connectivity index (χ2v) is 5.38. The minimum atomic E-state index is -0.249. The number of carbonyl (C=O) groups excluding carboxylic acids is 1. The number of aryl methyl sites for hydroxylation is 1. The van der Waals surface area contributed by atoms with E-state index in [1.165, 1.54) is 0 Å². The van der Waals surface area contributed by atoms with Crippen LogP contribution in [0.4, 0.5) is 0 Å². The predicted octanol–water partition coefficient (Wildman–Crippen LogP) is 1.95. The van der Waals surface area contributed by atoms with Crippen LogP contribution in [0.15, 0.2) is 24.3 Å². The van der Waals surface area contributed by atoms with E-state index in [9.17, 15) is 4.79 Å². The smallest absolute Gasteiger partial charge is 0.254 e. The van der Waals surface area contributed by atoms with Gasteiger partial charge >= 0.3 is 0 Å². The topological polar surface area (TPSA) is 46.3 Å². The van der Waals surface area contributed by atoms with E-state index in [0.29, 0.717) is 0 Å². The Morgan fingerprint density at radius 2 is 2.18 bits per heavy atom. The molecule has 1 aliphatic heterocycles. The molecular formula is C14H20N2O. The Kier molecular flexibility index (Phi) is 2.96. The zero-order valence-electron chi connectivity index (χ0n) is 10.7. The third-order valence-corrected chi connectivity index (χ3v) is 3.78. The van der Waals surface area contributed by atoms with E-state index in [0.717, 1.165) is 24.1 Å². The van der Waals surface area contributed by atoms with Crippen LogP contribution in [0.2, 0.25) is 0 Å². The highest BCUT2D eigenvalue weighted by Gasteiger charge is 2.41. The summed E-state index contributed by atoms with van der Waals surface area (Å²) in [5, 5.41) is 0. The Bertz CT molecular complexity index is 440. The van der Waals surface area contributed by atoms with Crippen molar-refractivity contribution in [3.05, 3.63) is 35.4 Å². The summed E-state index contributed by atoms with van der Waals surface area (Å²) in [5.74, 6) is 0.0895. The molecule has 0 radical (unpaired) electrons. The number of rotatable bonds is 1. The first-order valence-electron chi connectivity index (χ1n) is 6.07. The molecule has 0 bridgehead atoms. The molecule has 1 heterocycles. The van der Waals surface area contributed by atoms with Crippen molar-refractivity contribution in [2.24, 2.45) is 5.73 Å². The number of amides is 1. The molecule has 1 unspecified atom stereocenters. The van der Waals surface area contributed by atoms with Crippen molar-refractivity contribution in [1.82, 2.24) is 4.90 Å². The Morgan fingerprint density at radius 3 is 2.71 bits per heavy atom. The van der Waals surface area contributed by atoms with Crippen molar-refractivity contribution in [1.29, 1.82) is 0 Å². The van der Waals surface area contributed by atoms with Gasteiger partial charge in [-0.25, -0.2) is 0 Å². The Morgan fingerprint density at radius 1 is 1.47 bits per heavy atom. The van der Waals surface area contributed by atoms with E-state index in [2.05, 4.69) is 0 Å². The van der Waals surface area contributed by atoms with Gasteiger partial charge in [-0.1, -0.05) is 17.7 Å². The van der Waals surface area contributed by atoms with Gasteiger partial charge in [0.05, 0.1) is 5.54 Å². The maximum absolute atomic E-state index is 12.4. The molecule has 3 heteroatoms. The first kappa shape index (κ1) is 12.1. The zero-order valence-corrected chi connectivity index (χ0v) is 10.7. The molecule has 2 N–H and O–H groups in total. The summed E-state index contributed by atoms with van der Waals surface area (Å²) >= 11 is 0. The van der Waals surface area contributed by atoms with Crippen LogP contribution in [0.3, 0.4) is 0 Å². The molecule has 2 rings (SSSR count). The van der Waals surface area contributed by atoms with Crippen LogP contribution in [0.5, 0.6) is 0 Å². The predicted molar refractivity (Wildman–Crippen MR) is 68.9 cm³/mol. The largest absolute Gasteiger partial charge is 0.332 e. The first-order chi connectivity index (χ1) is 7.93. The fourth-order valence-electron chi connectivity index (χ4n) is 2.41. The molecule has 1 aromatic carbocycles. The molecule has 0 aromatic heterocycles. The van der Waals surface area contributed by atoms with Crippen molar-refractivity contribution in [3.8, 4) is 0 Å². The summed E-state index contributed by atoms with van der Waals surface area (Å²) < 4.78 is 0. The summed E-state index contributed by atoms with van der Waals surface area (Å²) in [5.41, 5.74) is 7.67. The lowest BCUT2D eigenvalue weighted by Crippen LogP contribution is -2.51. The van der Waals surface area contributed by atoms with Crippen molar-refractivity contribution >= 4 is 5.91 Å². The van der Waals surface area contributed by atoms with E-state index >= 15 is 0 Å². The third kappa shape index (κ3) is 2.07. The van der Waals surface area contributed by atoms with Crippen molar-refractivity contribution < 1.29 is 4.79 Å². The normalized spacial score (nSPS) is 22.8. The molecule has 17 heavy (non-hydrogen) atoms. The van der Waals surface area contributed by atoms with Gasteiger partial charge in [0.15, 0.2) is 0 Å². The van der Waals surface area contributed by atoms with Crippen LogP contribution in [-0.4, -0.2) is 28.9 Å². The Hall–Kier alpha value is -1.35. The van der Waals surface area contributed by atoms with E-state index < -0.39 is 0 Å². The summed E-state index contributed by atoms with van der Waals surface area (Å²) in [4.78, 5) is 14.3. The number of hydrogen-bond acceptors (Lipinski definition) is 2. The molecule has 92 valence electrons. The fraction of sp³-hybridized carbons (Fsp3) is 0.500. The molecular weight excluding hydrogens is 212 g/mol. The highest BCUT2D eigenvalue weighted by Crippen LogP contribution is 2.29. The zero-order chi connectivity index (χ0) is 12.6. The van der Waals surface area contributed by atoms with Crippen LogP contribution in [0, 0.1) is 6.92 Å². The van der Waals surface area contributed by atoms with Crippen molar-refractivity contribution in [2.45, 2.75) is 38.8 Å². The van der Waals surface area contributed by atoms with Crippen molar-refractivity contribution in [2.75, 3.05) is 6.54 Å². The van der Waals surface area contributed by atoms with Gasteiger partial charge in [0.25, 0.3) is 5.91 Å². The molecule has 1 atom stereocenters. The van der Waals surface area contributed by atoms with Crippen LogP contribution in [0.1, 0.15) is 36.2 Å². The van der Waals surface area contributed by atoms with E-state index in [4.69, 9.17) is 5.73 Å². The van der Waals surface area contributed by atoms with Gasteiger partial charge in [0.1, 0.15) is 0 Å². The van der Waals surface area contributed by atoms with Gasteiger partial charge in [-0.15, -0.1) is 0 Å². The monoisotopic (exact) mass is 232 g/mol. The van der Waals surface area contributed by atoms with Crippen LogP contribution in [-0.2, 0) is 0 Å². The van der Waals surface area contributed by atoms with Crippen LogP contribution < -0.4 is 5.73 Å². The highest BCUT2D eigenvalue weighted by atomic mass is 16.2. The van der Waals surface area contributed by atoms with Gasteiger partial charge in [0.2, 0.25) is 0 Å². The Labute approximate surface area is 103 Å². The van der Waals surface area contributed by atoms with Gasteiger partial charge in [-0.05, 0) is 39.3 Å². The average Bonchev–Trinajstić information content (AvgIpc) is 2.53. The number of hydrogen-bond donors (Lipinski definition) is 1. The van der Waals surface area contributed by atoms with Gasteiger partial charge < -0.3 is 10.6 Å². The van der Waals surface area contributed by atoms with Gasteiger partial charge in [-0.2, -0.15) is 0 Å². The second-order valence-electron chi connectivity index (χ2n) is 5.38. The molecule has 1 amide bonds. The molecule has 1 aromatic rings. The van der Waals surface area contributed by atoms with Gasteiger partial charge in [-0.3, -0.25) is 4.79 Å². The molecule has 1 fully saturated rings. The van der Waals surface area contributed by atoms with E-state index in [1.54, 1.807) is 0 Å². The number of nitrogens with zero attached hydrogens (tertiary/aromatic N) is 1. The minimum absolute atomic E-state index is 0.0660. The number of likely N-dealkylation sites (tertiary alicyclic amines) is 1. The molecule has 0 spiro atoms. The van der Waals surface area contributed by atoms with E-state index in [1.807, 2.05) is 49.9 Å².